The van der Waals surface area contributed by atoms with Gasteiger partial charge in [0.15, 0.2) is 0 Å². The molecular weight excluding hydrogens is 514 g/mol. The predicted octanol–water partition coefficient (Wildman–Crippen LogP) is 7.31. The van der Waals surface area contributed by atoms with E-state index in [4.69, 9.17) is 4.74 Å². The van der Waals surface area contributed by atoms with E-state index in [2.05, 4.69) is 52.9 Å². The number of rotatable bonds is 6. The third kappa shape index (κ3) is 4.87. The Morgan fingerprint density at radius 2 is 1.61 bits per heavy atom. The summed E-state index contributed by atoms with van der Waals surface area (Å²) in [5.74, 6) is 0.669. The summed E-state index contributed by atoms with van der Waals surface area (Å²) in [7, 11) is 0. The lowest BCUT2D eigenvalue weighted by Crippen LogP contribution is -2.63. The maximum absolute atomic E-state index is 13.7. The molecule has 5 aliphatic rings. The summed E-state index contributed by atoms with van der Waals surface area (Å²) < 4.78 is 6.11. The molecule has 6 heteroatoms. The first-order valence-corrected chi connectivity index (χ1v) is 16.5. The van der Waals surface area contributed by atoms with Crippen molar-refractivity contribution >= 4 is 17.8 Å². The summed E-state index contributed by atoms with van der Waals surface area (Å²) in [5, 5.41) is 12.1. The van der Waals surface area contributed by atoms with Crippen LogP contribution in [0.5, 0.6) is 0 Å². The zero-order chi connectivity index (χ0) is 30.0. The molecule has 1 amide bonds. The van der Waals surface area contributed by atoms with Crippen molar-refractivity contribution in [1.29, 1.82) is 0 Å². The molecule has 0 bridgehead atoms. The van der Waals surface area contributed by atoms with E-state index >= 15 is 0 Å². The third-order valence-electron chi connectivity index (χ3n) is 13.4. The van der Waals surface area contributed by atoms with Gasteiger partial charge in [-0.05, 0) is 111 Å². The van der Waals surface area contributed by atoms with Gasteiger partial charge in [0.05, 0.1) is 5.41 Å². The van der Waals surface area contributed by atoms with Crippen molar-refractivity contribution in [1.82, 2.24) is 5.32 Å². The maximum atomic E-state index is 13.7. The number of carboxylic acids is 1. The maximum Gasteiger partial charge on any atom is 0.322 e. The molecule has 5 aliphatic carbocycles. The van der Waals surface area contributed by atoms with Crippen LogP contribution in [0.4, 0.5) is 0 Å². The van der Waals surface area contributed by atoms with Crippen LogP contribution in [0.25, 0.3) is 0 Å². The van der Waals surface area contributed by atoms with Crippen LogP contribution < -0.4 is 5.32 Å². The SMILES string of the molecule is CCCC(=O)O[C@@H]1CC[C@@]2(C)C(CC[C@@]3(C)C4CC[C@@]5(C(=O)NCC(=O)O)CCC(C)(C)CC5C4=CCC32)C1(C)C. The Hall–Kier alpha value is -1.85. The van der Waals surface area contributed by atoms with Crippen molar-refractivity contribution in [3.63, 3.8) is 0 Å². The highest BCUT2D eigenvalue weighted by Crippen LogP contribution is 2.72. The quantitative estimate of drug-likeness (QED) is 0.258. The number of ether oxygens (including phenoxy) is 1. The average Bonchev–Trinajstić information content (AvgIpc) is 2.88. The average molecular weight is 570 g/mol. The van der Waals surface area contributed by atoms with Crippen LogP contribution in [-0.2, 0) is 19.1 Å². The number of esters is 1. The van der Waals surface area contributed by atoms with Gasteiger partial charge >= 0.3 is 11.9 Å². The molecule has 0 spiro atoms. The van der Waals surface area contributed by atoms with E-state index in [1.165, 1.54) is 12.0 Å². The Labute approximate surface area is 247 Å². The van der Waals surface area contributed by atoms with Gasteiger partial charge in [-0.15, -0.1) is 0 Å². The fraction of sp³-hybridized carbons (Fsp3) is 0.857. The molecular formula is C35H55NO5. The van der Waals surface area contributed by atoms with Crippen molar-refractivity contribution in [2.45, 2.75) is 132 Å². The molecule has 230 valence electrons. The van der Waals surface area contributed by atoms with Crippen LogP contribution in [0.15, 0.2) is 11.6 Å². The number of nitrogens with one attached hydrogen (secondary N) is 1. The van der Waals surface area contributed by atoms with E-state index in [1.807, 2.05) is 6.92 Å². The van der Waals surface area contributed by atoms with Crippen molar-refractivity contribution < 1.29 is 24.2 Å². The van der Waals surface area contributed by atoms with Gasteiger partial charge in [-0.2, -0.15) is 0 Å². The second kappa shape index (κ2) is 10.4. The Bertz CT molecular complexity index is 1110. The van der Waals surface area contributed by atoms with Gasteiger partial charge in [0, 0.05) is 11.8 Å². The van der Waals surface area contributed by atoms with E-state index in [0.717, 1.165) is 64.2 Å². The minimum Gasteiger partial charge on any atom is -0.480 e. The molecule has 5 rings (SSSR count). The standard InChI is InChI=1S/C35H55NO5/c1-8-9-29(39)41-27-14-16-34(7)25(32(27,4)5)13-15-33(6)23-12-17-35(30(40)36-21-28(37)38)19-18-31(2,3)20-24(35)22(23)10-11-26(33)34/h10,23-27H,8-9,11-21H2,1-7H3,(H,36,40)(H,37,38)/t23?,24?,25?,26?,27-,33+,34+,35-/m1/s1. The molecule has 0 aliphatic heterocycles. The number of carbonyl (C=O) groups is 3. The zero-order valence-corrected chi connectivity index (χ0v) is 26.7. The highest BCUT2D eigenvalue weighted by atomic mass is 16.5. The van der Waals surface area contributed by atoms with Crippen molar-refractivity contribution in [3.8, 4) is 0 Å². The highest BCUT2D eigenvalue weighted by Gasteiger charge is 2.66. The number of fused-ring (bicyclic) bond motifs is 7. The number of hydrogen-bond acceptors (Lipinski definition) is 4. The fourth-order valence-corrected chi connectivity index (χ4v) is 11.3. The molecule has 0 aromatic heterocycles. The molecule has 0 saturated heterocycles. The minimum absolute atomic E-state index is 0.0113. The van der Waals surface area contributed by atoms with E-state index < -0.39 is 11.4 Å². The van der Waals surface area contributed by atoms with Crippen LogP contribution in [0.2, 0.25) is 0 Å². The summed E-state index contributed by atoms with van der Waals surface area (Å²) in [5.41, 5.74) is 1.51. The number of hydrogen-bond donors (Lipinski definition) is 2. The Kier molecular flexibility index (Phi) is 7.76. The number of carbonyl (C=O) groups excluding carboxylic acids is 2. The van der Waals surface area contributed by atoms with Gasteiger partial charge in [0.1, 0.15) is 12.6 Å². The lowest BCUT2D eigenvalue weighted by atomic mass is 9.37. The van der Waals surface area contributed by atoms with E-state index in [1.54, 1.807) is 0 Å². The Balaban J connectivity index is 1.45. The van der Waals surface area contributed by atoms with E-state index in [0.29, 0.717) is 24.2 Å². The van der Waals surface area contributed by atoms with E-state index in [-0.39, 0.29) is 52.1 Å². The number of carboxylic acid groups (broad SMARTS) is 1. The van der Waals surface area contributed by atoms with Crippen LogP contribution in [0.1, 0.15) is 126 Å². The normalized spacial score (nSPS) is 42.3. The second-order valence-corrected chi connectivity index (χ2v) is 16.4. The fourth-order valence-electron chi connectivity index (χ4n) is 11.3. The Morgan fingerprint density at radius 3 is 2.29 bits per heavy atom. The Morgan fingerprint density at radius 1 is 0.902 bits per heavy atom. The third-order valence-corrected chi connectivity index (χ3v) is 13.4. The molecule has 8 atom stereocenters. The summed E-state index contributed by atoms with van der Waals surface area (Å²) in [6.07, 6.45) is 14.0. The zero-order valence-electron chi connectivity index (χ0n) is 26.7. The number of amides is 1. The lowest BCUT2D eigenvalue weighted by molar-refractivity contribution is -0.201. The first kappa shape index (κ1) is 30.6. The van der Waals surface area contributed by atoms with Gasteiger partial charge in [0.2, 0.25) is 5.91 Å². The van der Waals surface area contributed by atoms with Crippen LogP contribution in [0.3, 0.4) is 0 Å². The van der Waals surface area contributed by atoms with Crippen molar-refractivity contribution in [2.75, 3.05) is 6.54 Å². The van der Waals surface area contributed by atoms with Gasteiger partial charge in [-0.25, -0.2) is 0 Å². The molecule has 2 N–H and O–H groups in total. The molecule has 0 radical (unpaired) electrons. The van der Waals surface area contributed by atoms with Crippen LogP contribution in [0, 0.1) is 50.7 Å². The van der Waals surface area contributed by atoms with Crippen molar-refractivity contribution in [2.24, 2.45) is 50.7 Å². The predicted molar refractivity (Wildman–Crippen MR) is 160 cm³/mol. The minimum atomic E-state index is -0.980. The summed E-state index contributed by atoms with van der Waals surface area (Å²) in [6, 6.07) is 0. The number of allylic oxidation sites excluding steroid dienone is 2. The molecule has 41 heavy (non-hydrogen) atoms. The molecule has 0 aromatic carbocycles. The first-order valence-electron chi connectivity index (χ1n) is 16.5. The highest BCUT2D eigenvalue weighted by molar-refractivity contribution is 5.87. The molecule has 4 saturated carbocycles. The monoisotopic (exact) mass is 569 g/mol. The van der Waals surface area contributed by atoms with Gasteiger partial charge in [-0.3, -0.25) is 14.4 Å². The summed E-state index contributed by atoms with van der Waals surface area (Å²) >= 11 is 0. The second-order valence-electron chi connectivity index (χ2n) is 16.4. The van der Waals surface area contributed by atoms with Gasteiger partial charge in [0.25, 0.3) is 0 Å². The molecule has 6 nitrogen and oxygen atoms in total. The summed E-state index contributed by atoms with van der Waals surface area (Å²) in [4.78, 5) is 37.5. The molecule has 4 unspecified atom stereocenters. The smallest absolute Gasteiger partial charge is 0.322 e. The van der Waals surface area contributed by atoms with E-state index in [9.17, 15) is 19.5 Å². The largest absolute Gasteiger partial charge is 0.480 e. The molecule has 0 aromatic rings. The van der Waals surface area contributed by atoms with Crippen molar-refractivity contribution in [3.05, 3.63) is 11.6 Å². The van der Waals surface area contributed by atoms with Gasteiger partial charge < -0.3 is 15.2 Å². The topological polar surface area (TPSA) is 92.7 Å². The van der Waals surface area contributed by atoms with Crippen LogP contribution in [-0.4, -0.2) is 35.6 Å². The summed E-state index contributed by atoms with van der Waals surface area (Å²) in [6.45, 7) is 16.2. The molecule has 4 fully saturated rings. The van der Waals surface area contributed by atoms with Gasteiger partial charge in [-0.1, -0.05) is 60.1 Å². The van der Waals surface area contributed by atoms with Crippen LogP contribution >= 0.6 is 0 Å². The number of aliphatic carboxylic acids is 1. The lowest BCUT2D eigenvalue weighted by Gasteiger charge is -2.68. The molecule has 0 heterocycles. The first-order chi connectivity index (χ1) is 19.1.